The molecule has 1 rings (SSSR count). The number of hydrogen-bond acceptors (Lipinski definition) is 1. The van der Waals surface area contributed by atoms with E-state index in [1.807, 2.05) is 12.1 Å². The molecule has 1 atom stereocenters. The first-order valence-electron chi connectivity index (χ1n) is 4.08. The molecule has 0 N–H and O–H groups in total. The topological polar surface area (TPSA) is 9.23 Å². The number of ether oxygens (including phenoxy) is 1. The lowest BCUT2D eigenvalue weighted by Gasteiger charge is -2.11. The summed E-state index contributed by atoms with van der Waals surface area (Å²) in [6, 6.07) is 6.20. The van der Waals surface area contributed by atoms with Crippen LogP contribution in [0.2, 0.25) is 0 Å². The Bertz CT molecular complexity index is 269. The number of methoxy groups -OCH3 is 1. The zero-order valence-corrected chi connectivity index (χ0v) is 8.95. The second kappa shape index (κ2) is 3.91. The van der Waals surface area contributed by atoms with E-state index in [4.69, 9.17) is 4.74 Å². The molecule has 0 amide bonds. The zero-order chi connectivity index (χ0) is 9.14. The van der Waals surface area contributed by atoms with Crippen molar-refractivity contribution in [3.8, 4) is 5.75 Å². The summed E-state index contributed by atoms with van der Waals surface area (Å²) < 4.78 is 5.25. The lowest BCUT2D eigenvalue weighted by atomic mass is 10.0. The van der Waals surface area contributed by atoms with Crippen molar-refractivity contribution in [2.24, 2.45) is 0 Å². The lowest BCUT2D eigenvalue weighted by Crippen LogP contribution is -1.99. The van der Waals surface area contributed by atoms with Gasteiger partial charge in [0.2, 0.25) is 0 Å². The molecule has 0 aromatic heterocycles. The van der Waals surface area contributed by atoms with Crippen molar-refractivity contribution >= 4 is 14.5 Å². The van der Waals surface area contributed by atoms with Crippen molar-refractivity contribution < 1.29 is 4.74 Å². The molecule has 0 fully saturated rings. The fourth-order valence-electron chi connectivity index (χ4n) is 1.20. The molecule has 0 saturated heterocycles. The molecule has 1 aromatic rings. The van der Waals surface area contributed by atoms with E-state index >= 15 is 0 Å². The van der Waals surface area contributed by atoms with E-state index in [0.717, 1.165) is 5.75 Å². The van der Waals surface area contributed by atoms with Crippen LogP contribution in [0.15, 0.2) is 18.2 Å². The van der Waals surface area contributed by atoms with Gasteiger partial charge in [0.15, 0.2) is 0 Å². The molecular weight excluding hydrogens is 167 g/mol. The average molecular weight is 182 g/mol. The smallest absolute Gasteiger partial charge is 0.122 e. The van der Waals surface area contributed by atoms with Crippen molar-refractivity contribution in [2.75, 3.05) is 7.11 Å². The van der Waals surface area contributed by atoms with Crippen LogP contribution in [0.25, 0.3) is 0 Å². The lowest BCUT2D eigenvalue weighted by molar-refractivity contribution is 0.407. The van der Waals surface area contributed by atoms with E-state index in [1.54, 1.807) is 7.11 Å². The summed E-state index contributed by atoms with van der Waals surface area (Å²) in [5.41, 5.74) is 1.27. The van der Waals surface area contributed by atoms with Crippen LogP contribution in [-0.4, -0.2) is 7.11 Å². The molecule has 12 heavy (non-hydrogen) atoms. The molecule has 0 spiro atoms. The fourth-order valence-corrected chi connectivity index (χ4v) is 1.48. The zero-order valence-electron chi connectivity index (χ0n) is 7.79. The SMILES string of the molecule is COc1ccc(P)cc1C(C)C. The molecule has 2 heteroatoms. The first kappa shape index (κ1) is 9.54. The summed E-state index contributed by atoms with van der Waals surface area (Å²) in [5, 5.41) is 1.21. The molecular formula is C10H15OP. The fraction of sp³-hybridized carbons (Fsp3) is 0.400. The molecule has 1 aromatic carbocycles. The minimum absolute atomic E-state index is 0.514. The molecule has 0 aliphatic heterocycles. The molecule has 0 aliphatic carbocycles. The molecule has 1 unspecified atom stereocenters. The van der Waals surface area contributed by atoms with Crippen molar-refractivity contribution in [1.29, 1.82) is 0 Å². The Hall–Kier alpha value is -0.550. The van der Waals surface area contributed by atoms with Crippen molar-refractivity contribution in [3.63, 3.8) is 0 Å². The van der Waals surface area contributed by atoms with Gasteiger partial charge in [0.05, 0.1) is 7.11 Å². The summed E-state index contributed by atoms with van der Waals surface area (Å²) in [6.07, 6.45) is 0. The van der Waals surface area contributed by atoms with Gasteiger partial charge in [0.25, 0.3) is 0 Å². The standard InChI is InChI=1S/C10H15OP/c1-7(2)9-6-8(12)4-5-10(9)11-3/h4-7H,12H2,1-3H3. The maximum absolute atomic E-state index is 5.25. The van der Waals surface area contributed by atoms with Gasteiger partial charge < -0.3 is 4.74 Å². The second-order valence-corrected chi connectivity index (χ2v) is 3.82. The van der Waals surface area contributed by atoms with Gasteiger partial charge in [0.1, 0.15) is 5.75 Å². The van der Waals surface area contributed by atoms with Gasteiger partial charge in [-0.3, -0.25) is 0 Å². The highest BCUT2D eigenvalue weighted by atomic mass is 31.0. The Morgan fingerprint density at radius 3 is 2.50 bits per heavy atom. The van der Waals surface area contributed by atoms with Crippen LogP contribution in [0.5, 0.6) is 5.75 Å². The van der Waals surface area contributed by atoms with E-state index in [9.17, 15) is 0 Å². The Morgan fingerprint density at radius 1 is 1.33 bits per heavy atom. The molecule has 0 heterocycles. The van der Waals surface area contributed by atoms with Crippen LogP contribution in [0.3, 0.4) is 0 Å². The van der Waals surface area contributed by atoms with Crippen molar-refractivity contribution in [1.82, 2.24) is 0 Å². The number of hydrogen-bond donors (Lipinski definition) is 0. The maximum atomic E-state index is 5.25. The molecule has 66 valence electrons. The highest BCUT2D eigenvalue weighted by molar-refractivity contribution is 7.27. The summed E-state index contributed by atoms with van der Waals surface area (Å²) in [4.78, 5) is 0. The quantitative estimate of drug-likeness (QED) is 0.638. The van der Waals surface area contributed by atoms with Gasteiger partial charge in [-0.15, -0.1) is 9.24 Å². The molecule has 0 radical (unpaired) electrons. The predicted molar refractivity (Wildman–Crippen MR) is 56.4 cm³/mol. The molecule has 0 aliphatic rings. The van der Waals surface area contributed by atoms with E-state index in [0.29, 0.717) is 5.92 Å². The van der Waals surface area contributed by atoms with Crippen molar-refractivity contribution in [3.05, 3.63) is 23.8 Å². The Labute approximate surface area is 76.3 Å². The normalized spacial score (nSPS) is 10.4. The van der Waals surface area contributed by atoms with Gasteiger partial charge in [-0.1, -0.05) is 19.9 Å². The minimum Gasteiger partial charge on any atom is -0.496 e. The first-order chi connectivity index (χ1) is 5.65. The minimum atomic E-state index is 0.514. The Morgan fingerprint density at radius 2 is 2.00 bits per heavy atom. The number of benzene rings is 1. The Balaban J connectivity index is 3.12. The average Bonchev–Trinajstić information content (AvgIpc) is 2.04. The molecule has 0 saturated carbocycles. The highest BCUT2D eigenvalue weighted by Gasteiger charge is 2.06. The second-order valence-electron chi connectivity index (χ2n) is 3.16. The summed E-state index contributed by atoms with van der Waals surface area (Å²) in [7, 11) is 4.41. The van der Waals surface area contributed by atoms with Crippen LogP contribution in [0.1, 0.15) is 25.3 Å². The third kappa shape index (κ3) is 1.98. The van der Waals surface area contributed by atoms with Crippen molar-refractivity contribution in [2.45, 2.75) is 19.8 Å². The summed E-state index contributed by atoms with van der Waals surface area (Å²) in [6.45, 7) is 4.34. The van der Waals surface area contributed by atoms with E-state index < -0.39 is 0 Å². The predicted octanol–water partition coefficient (Wildman–Crippen LogP) is 2.32. The molecule has 1 nitrogen and oxygen atoms in total. The third-order valence-corrected chi connectivity index (χ3v) is 2.23. The van der Waals surface area contributed by atoms with Crippen LogP contribution in [0.4, 0.5) is 0 Å². The van der Waals surface area contributed by atoms with Crippen LogP contribution < -0.4 is 10.0 Å². The van der Waals surface area contributed by atoms with E-state index in [-0.39, 0.29) is 0 Å². The third-order valence-electron chi connectivity index (χ3n) is 1.88. The summed E-state index contributed by atoms with van der Waals surface area (Å²) in [5.74, 6) is 1.50. The first-order valence-corrected chi connectivity index (χ1v) is 4.66. The summed E-state index contributed by atoms with van der Waals surface area (Å²) >= 11 is 0. The van der Waals surface area contributed by atoms with Gasteiger partial charge in [-0.2, -0.15) is 0 Å². The van der Waals surface area contributed by atoms with E-state index in [1.165, 1.54) is 10.9 Å². The van der Waals surface area contributed by atoms with Gasteiger partial charge in [0, 0.05) is 0 Å². The van der Waals surface area contributed by atoms with Crippen LogP contribution >= 0.6 is 9.24 Å². The van der Waals surface area contributed by atoms with Gasteiger partial charge in [-0.05, 0) is 28.9 Å². The monoisotopic (exact) mass is 182 g/mol. The highest BCUT2D eigenvalue weighted by Crippen LogP contribution is 2.24. The maximum Gasteiger partial charge on any atom is 0.122 e. The van der Waals surface area contributed by atoms with Crippen LogP contribution in [-0.2, 0) is 0 Å². The number of rotatable bonds is 2. The Kier molecular flexibility index (Phi) is 3.11. The van der Waals surface area contributed by atoms with Crippen LogP contribution in [0, 0.1) is 0 Å². The van der Waals surface area contributed by atoms with Gasteiger partial charge in [-0.25, -0.2) is 0 Å². The van der Waals surface area contributed by atoms with Gasteiger partial charge >= 0.3 is 0 Å². The molecule has 0 bridgehead atoms. The van der Waals surface area contributed by atoms with E-state index in [2.05, 4.69) is 29.2 Å². The largest absolute Gasteiger partial charge is 0.496 e.